The summed E-state index contributed by atoms with van der Waals surface area (Å²) in [5.41, 5.74) is 1.52. The van der Waals surface area contributed by atoms with E-state index in [0.29, 0.717) is 11.3 Å². The van der Waals surface area contributed by atoms with Crippen molar-refractivity contribution in [1.82, 2.24) is 10.6 Å². The van der Waals surface area contributed by atoms with Crippen LogP contribution in [0.4, 0.5) is 5.69 Å². The lowest BCUT2D eigenvalue weighted by Crippen LogP contribution is -2.41. The van der Waals surface area contributed by atoms with Crippen molar-refractivity contribution >= 4 is 11.6 Å². The van der Waals surface area contributed by atoms with E-state index in [1.807, 2.05) is 12.1 Å². The third-order valence-corrected chi connectivity index (χ3v) is 6.83. The fourth-order valence-electron chi connectivity index (χ4n) is 4.98. The van der Waals surface area contributed by atoms with E-state index in [9.17, 15) is 0 Å². The first-order chi connectivity index (χ1) is 15.2. The molecule has 1 unspecified atom stereocenters. The average Bonchev–Trinajstić information content (AvgIpc) is 3.46. The molecule has 0 amide bonds. The van der Waals surface area contributed by atoms with Gasteiger partial charge in [-0.3, -0.25) is 4.99 Å². The van der Waals surface area contributed by atoms with Gasteiger partial charge in [-0.2, -0.15) is 0 Å². The number of anilines is 1. The Morgan fingerprint density at radius 1 is 1.19 bits per heavy atom. The maximum Gasteiger partial charge on any atom is 0.191 e. The fraction of sp³-hybridized carbons (Fsp3) is 0.720. The van der Waals surface area contributed by atoms with Crippen molar-refractivity contribution in [3.05, 3.63) is 24.3 Å². The maximum absolute atomic E-state index is 5.66. The second-order valence-electron chi connectivity index (χ2n) is 9.00. The van der Waals surface area contributed by atoms with Crippen LogP contribution in [0.2, 0.25) is 0 Å². The van der Waals surface area contributed by atoms with E-state index in [4.69, 9.17) is 14.5 Å². The molecule has 6 nitrogen and oxygen atoms in total. The maximum atomic E-state index is 5.66. The summed E-state index contributed by atoms with van der Waals surface area (Å²) in [5, 5.41) is 7.07. The van der Waals surface area contributed by atoms with Gasteiger partial charge in [0.05, 0.1) is 12.8 Å². The Bertz CT molecular complexity index is 688. The molecule has 3 rings (SSSR count). The molecule has 1 atom stereocenters. The molecule has 2 N–H and O–H groups in total. The second kappa shape index (κ2) is 12.2. The van der Waals surface area contributed by atoms with Crippen LogP contribution in [-0.4, -0.2) is 59.0 Å². The van der Waals surface area contributed by atoms with Crippen LogP contribution in [0.5, 0.6) is 5.75 Å². The zero-order chi connectivity index (χ0) is 21.9. The highest BCUT2D eigenvalue weighted by Crippen LogP contribution is 2.41. The molecule has 31 heavy (non-hydrogen) atoms. The highest BCUT2D eigenvalue weighted by Gasteiger charge is 2.33. The molecule has 0 aromatic heterocycles. The van der Waals surface area contributed by atoms with Crippen LogP contribution in [0.15, 0.2) is 29.3 Å². The van der Waals surface area contributed by atoms with Gasteiger partial charge in [0.25, 0.3) is 0 Å². The third-order valence-electron chi connectivity index (χ3n) is 6.83. The van der Waals surface area contributed by atoms with Gasteiger partial charge in [0, 0.05) is 45.9 Å². The van der Waals surface area contributed by atoms with E-state index >= 15 is 0 Å². The standard InChI is InChI=1S/C25H42N4O2/c1-4-26-24(28-20-25(13-8-9-14-25)15-17-31-5-2)27-18-21-12-16-29(19-21)22-10-6-7-11-23(22)30-3/h6-7,10-11,21H,4-5,8-9,12-20H2,1-3H3,(H2,26,27,28). The largest absolute Gasteiger partial charge is 0.495 e. The number of nitrogens with zero attached hydrogens (tertiary/aromatic N) is 2. The minimum Gasteiger partial charge on any atom is -0.495 e. The SMILES string of the molecule is CCNC(=NCC1(CCOCC)CCCC1)NCC1CCN(c2ccccc2OC)C1. The molecule has 1 heterocycles. The molecule has 1 saturated carbocycles. The molecule has 1 aliphatic heterocycles. The van der Waals surface area contributed by atoms with Crippen molar-refractivity contribution in [2.24, 2.45) is 16.3 Å². The number of hydrogen-bond acceptors (Lipinski definition) is 4. The smallest absolute Gasteiger partial charge is 0.191 e. The number of guanidine groups is 1. The quantitative estimate of drug-likeness (QED) is 0.315. The van der Waals surface area contributed by atoms with Gasteiger partial charge in [0.2, 0.25) is 0 Å². The number of nitrogens with one attached hydrogen (secondary N) is 2. The van der Waals surface area contributed by atoms with Crippen molar-refractivity contribution in [1.29, 1.82) is 0 Å². The molecule has 0 bridgehead atoms. The lowest BCUT2D eigenvalue weighted by Gasteiger charge is -2.27. The number of methoxy groups -OCH3 is 1. The number of hydrogen-bond donors (Lipinski definition) is 2. The predicted molar refractivity (Wildman–Crippen MR) is 129 cm³/mol. The molecule has 2 aliphatic rings. The Labute approximate surface area is 188 Å². The summed E-state index contributed by atoms with van der Waals surface area (Å²) < 4.78 is 11.2. The van der Waals surface area contributed by atoms with Crippen molar-refractivity contribution in [2.45, 2.75) is 52.4 Å². The first-order valence-electron chi connectivity index (χ1n) is 12.2. The molecule has 0 spiro atoms. The van der Waals surface area contributed by atoms with Gasteiger partial charge < -0.3 is 25.0 Å². The topological polar surface area (TPSA) is 58.1 Å². The zero-order valence-electron chi connectivity index (χ0n) is 19.8. The molecule has 2 fully saturated rings. The van der Waals surface area contributed by atoms with Crippen molar-refractivity contribution < 1.29 is 9.47 Å². The molecule has 174 valence electrons. The first kappa shape index (κ1) is 23.7. The van der Waals surface area contributed by atoms with E-state index in [2.05, 4.69) is 41.5 Å². The normalized spacial score (nSPS) is 20.8. The molecular formula is C25H42N4O2. The lowest BCUT2D eigenvalue weighted by molar-refractivity contribution is 0.107. The molecular weight excluding hydrogens is 388 g/mol. The van der Waals surface area contributed by atoms with Gasteiger partial charge in [-0.15, -0.1) is 0 Å². The fourth-order valence-corrected chi connectivity index (χ4v) is 4.98. The summed E-state index contributed by atoms with van der Waals surface area (Å²) in [6.45, 7) is 10.7. The molecule has 1 saturated heterocycles. The monoisotopic (exact) mass is 430 g/mol. The van der Waals surface area contributed by atoms with Crippen molar-refractivity contribution in [3.63, 3.8) is 0 Å². The zero-order valence-corrected chi connectivity index (χ0v) is 19.8. The highest BCUT2D eigenvalue weighted by molar-refractivity contribution is 5.79. The Balaban J connectivity index is 1.53. The van der Waals surface area contributed by atoms with E-state index in [1.54, 1.807) is 7.11 Å². The first-order valence-corrected chi connectivity index (χ1v) is 12.2. The van der Waals surface area contributed by atoms with Gasteiger partial charge in [0.1, 0.15) is 5.75 Å². The summed E-state index contributed by atoms with van der Waals surface area (Å²) in [6.07, 6.45) is 7.51. The summed E-state index contributed by atoms with van der Waals surface area (Å²) >= 11 is 0. The molecule has 6 heteroatoms. The van der Waals surface area contributed by atoms with Crippen molar-refractivity contribution in [2.75, 3.05) is 57.9 Å². The van der Waals surface area contributed by atoms with E-state index < -0.39 is 0 Å². The number of para-hydroxylation sites is 2. The number of aliphatic imine (C=N–C) groups is 1. The molecule has 1 aromatic carbocycles. The van der Waals surface area contributed by atoms with Gasteiger partial charge in [-0.1, -0.05) is 25.0 Å². The third kappa shape index (κ3) is 6.76. The van der Waals surface area contributed by atoms with Gasteiger partial charge in [-0.05, 0) is 63.0 Å². The molecule has 1 aliphatic carbocycles. The summed E-state index contributed by atoms with van der Waals surface area (Å²) in [5.74, 6) is 2.52. The Kier molecular flexibility index (Phi) is 9.31. The molecule has 0 radical (unpaired) electrons. The van der Waals surface area contributed by atoms with Crippen LogP contribution < -0.4 is 20.3 Å². The van der Waals surface area contributed by atoms with Gasteiger partial charge in [0.15, 0.2) is 5.96 Å². The Morgan fingerprint density at radius 2 is 2.00 bits per heavy atom. The van der Waals surface area contributed by atoms with Crippen LogP contribution in [0, 0.1) is 11.3 Å². The number of ether oxygens (including phenoxy) is 2. The molecule has 1 aromatic rings. The Morgan fingerprint density at radius 3 is 2.74 bits per heavy atom. The number of benzene rings is 1. The van der Waals surface area contributed by atoms with Gasteiger partial charge >= 0.3 is 0 Å². The van der Waals surface area contributed by atoms with Crippen LogP contribution >= 0.6 is 0 Å². The Hall–Kier alpha value is -1.95. The van der Waals surface area contributed by atoms with Crippen LogP contribution in [-0.2, 0) is 4.74 Å². The van der Waals surface area contributed by atoms with Gasteiger partial charge in [-0.25, -0.2) is 0 Å². The van der Waals surface area contributed by atoms with Crippen LogP contribution in [0.25, 0.3) is 0 Å². The number of rotatable bonds is 11. The van der Waals surface area contributed by atoms with E-state index in [0.717, 1.165) is 64.1 Å². The predicted octanol–water partition coefficient (Wildman–Crippen LogP) is 4.06. The van der Waals surface area contributed by atoms with Crippen LogP contribution in [0.1, 0.15) is 52.4 Å². The second-order valence-corrected chi connectivity index (χ2v) is 9.00. The van der Waals surface area contributed by atoms with Crippen molar-refractivity contribution in [3.8, 4) is 5.75 Å². The summed E-state index contributed by atoms with van der Waals surface area (Å²) in [7, 11) is 1.75. The van der Waals surface area contributed by atoms with Crippen LogP contribution in [0.3, 0.4) is 0 Å². The summed E-state index contributed by atoms with van der Waals surface area (Å²) in [6, 6.07) is 8.32. The van der Waals surface area contributed by atoms with E-state index in [1.165, 1.54) is 37.8 Å². The minimum atomic E-state index is 0.325. The minimum absolute atomic E-state index is 0.325. The average molecular weight is 431 g/mol. The summed E-state index contributed by atoms with van der Waals surface area (Å²) in [4.78, 5) is 7.46. The van der Waals surface area contributed by atoms with E-state index in [-0.39, 0.29) is 0 Å². The lowest BCUT2D eigenvalue weighted by atomic mass is 9.83. The highest BCUT2D eigenvalue weighted by atomic mass is 16.5.